The van der Waals surface area contributed by atoms with Crippen molar-refractivity contribution in [1.29, 1.82) is 0 Å². The predicted octanol–water partition coefficient (Wildman–Crippen LogP) is 2.32. The van der Waals surface area contributed by atoms with Gasteiger partial charge in [-0.3, -0.25) is 9.89 Å². The number of aromatic nitrogens is 4. The largest absolute Gasteiger partial charge is 0.342 e. The third-order valence-electron chi connectivity index (χ3n) is 4.90. The normalized spacial score (nSPS) is 21.2. The fourth-order valence-electron chi connectivity index (χ4n) is 3.34. The van der Waals surface area contributed by atoms with Gasteiger partial charge in [0.15, 0.2) is 5.82 Å². The SMILES string of the molecule is Cc1cc([C@@H]2CCCN(C(=O)CCc3nc(C4CC4)no3)C2)n[nH]1. The van der Waals surface area contributed by atoms with Crippen LogP contribution < -0.4 is 0 Å². The molecule has 2 aliphatic rings. The predicted molar refractivity (Wildman–Crippen MR) is 86.5 cm³/mol. The van der Waals surface area contributed by atoms with Gasteiger partial charge in [0.05, 0.1) is 5.69 Å². The van der Waals surface area contributed by atoms with Crippen molar-refractivity contribution in [3.63, 3.8) is 0 Å². The second-order valence-electron chi connectivity index (χ2n) is 6.98. The lowest BCUT2D eigenvalue weighted by Gasteiger charge is -2.32. The Bertz CT molecular complexity index is 718. The number of aryl methyl sites for hydroxylation is 2. The van der Waals surface area contributed by atoms with Crippen molar-refractivity contribution in [2.45, 2.75) is 57.3 Å². The number of likely N-dealkylation sites (tertiary alicyclic amines) is 1. The van der Waals surface area contributed by atoms with Gasteiger partial charge in [-0.2, -0.15) is 10.1 Å². The zero-order valence-electron chi connectivity index (χ0n) is 14.0. The fraction of sp³-hybridized carbons (Fsp3) is 0.647. The minimum absolute atomic E-state index is 0.165. The summed E-state index contributed by atoms with van der Waals surface area (Å²) in [5, 5.41) is 11.3. The van der Waals surface area contributed by atoms with Gasteiger partial charge >= 0.3 is 0 Å². The number of carbonyl (C=O) groups is 1. The number of hydrogen-bond acceptors (Lipinski definition) is 5. The van der Waals surface area contributed by atoms with Crippen LogP contribution in [0.5, 0.6) is 0 Å². The lowest BCUT2D eigenvalue weighted by Crippen LogP contribution is -2.39. The summed E-state index contributed by atoms with van der Waals surface area (Å²) in [6.45, 7) is 3.58. The van der Waals surface area contributed by atoms with Crippen molar-refractivity contribution < 1.29 is 9.32 Å². The summed E-state index contributed by atoms with van der Waals surface area (Å²) in [6, 6.07) is 2.08. The van der Waals surface area contributed by atoms with Crippen LogP contribution in [0.15, 0.2) is 10.6 Å². The van der Waals surface area contributed by atoms with Gasteiger partial charge in [-0.15, -0.1) is 0 Å². The topological polar surface area (TPSA) is 87.9 Å². The molecule has 1 atom stereocenters. The van der Waals surface area contributed by atoms with Crippen LogP contribution in [0.1, 0.15) is 67.0 Å². The average Bonchev–Trinajstić information content (AvgIpc) is 3.18. The van der Waals surface area contributed by atoms with Crippen LogP contribution in [0, 0.1) is 6.92 Å². The average molecular weight is 329 g/mol. The number of H-pyrrole nitrogens is 1. The van der Waals surface area contributed by atoms with Crippen LogP contribution in [-0.2, 0) is 11.2 Å². The Morgan fingerprint density at radius 3 is 3.00 bits per heavy atom. The van der Waals surface area contributed by atoms with E-state index < -0.39 is 0 Å². The van der Waals surface area contributed by atoms with Crippen molar-refractivity contribution in [2.75, 3.05) is 13.1 Å². The van der Waals surface area contributed by atoms with Crippen LogP contribution in [-0.4, -0.2) is 44.2 Å². The summed E-state index contributed by atoms with van der Waals surface area (Å²) in [4.78, 5) is 18.9. The maximum atomic E-state index is 12.5. The van der Waals surface area contributed by atoms with Crippen LogP contribution in [0.3, 0.4) is 0 Å². The molecule has 0 spiro atoms. The van der Waals surface area contributed by atoms with E-state index in [4.69, 9.17) is 4.52 Å². The van der Waals surface area contributed by atoms with Gasteiger partial charge in [0, 0.05) is 43.5 Å². The lowest BCUT2D eigenvalue weighted by molar-refractivity contribution is -0.132. The van der Waals surface area contributed by atoms with Crippen molar-refractivity contribution in [1.82, 2.24) is 25.2 Å². The molecule has 24 heavy (non-hydrogen) atoms. The lowest BCUT2D eigenvalue weighted by atomic mass is 9.94. The summed E-state index contributed by atoms with van der Waals surface area (Å²) < 4.78 is 5.25. The highest BCUT2D eigenvalue weighted by molar-refractivity contribution is 5.76. The van der Waals surface area contributed by atoms with Gasteiger partial charge in [-0.25, -0.2) is 0 Å². The smallest absolute Gasteiger partial charge is 0.227 e. The third kappa shape index (κ3) is 3.34. The summed E-state index contributed by atoms with van der Waals surface area (Å²) in [5.41, 5.74) is 2.13. The van der Waals surface area contributed by atoms with E-state index in [1.165, 1.54) is 0 Å². The Morgan fingerprint density at radius 2 is 2.25 bits per heavy atom. The van der Waals surface area contributed by atoms with Crippen molar-refractivity contribution >= 4 is 5.91 Å². The highest BCUT2D eigenvalue weighted by Gasteiger charge is 2.29. The highest BCUT2D eigenvalue weighted by atomic mass is 16.5. The standard InChI is InChI=1S/C17H23N5O2/c1-11-9-14(20-19-11)13-3-2-8-22(10-13)16(23)7-6-15-18-17(21-24-15)12-4-5-12/h9,12-13H,2-8,10H2,1H3,(H,19,20)/t13-/m1/s1. The monoisotopic (exact) mass is 329 g/mol. The summed E-state index contributed by atoms with van der Waals surface area (Å²) in [7, 11) is 0. The van der Waals surface area contributed by atoms with Gasteiger partial charge in [-0.1, -0.05) is 5.16 Å². The molecular formula is C17H23N5O2. The highest BCUT2D eigenvalue weighted by Crippen LogP contribution is 2.38. The first-order chi connectivity index (χ1) is 11.7. The fourth-order valence-corrected chi connectivity index (χ4v) is 3.34. The quantitative estimate of drug-likeness (QED) is 0.909. The Morgan fingerprint density at radius 1 is 1.38 bits per heavy atom. The molecule has 128 valence electrons. The van der Waals surface area contributed by atoms with Gasteiger partial charge in [0.25, 0.3) is 0 Å². The molecular weight excluding hydrogens is 306 g/mol. The molecule has 1 amide bonds. The number of amides is 1. The number of aromatic amines is 1. The Hall–Kier alpha value is -2.18. The van der Waals surface area contributed by atoms with Crippen molar-refractivity contribution in [3.05, 3.63) is 29.2 Å². The van der Waals surface area contributed by atoms with E-state index in [0.717, 1.165) is 56.0 Å². The van der Waals surface area contributed by atoms with Crippen LogP contribution in [0.25, 0.3) is 0 Å². The molecule has 1 aliphatic heterocycles. The first kappa shape index (κ1) is 15.4. The molecule has 0 unspecified atom stereocenters. The number of piperidine rings is 1. The third-order valence-corrected chi connectivity index (χ3v) is 4.90. The first-order valence-corrected chi connectivity index (χ1v) is 8.81. The molecule has 3 heterocycles. The number of rotatable bonds is 5. The zero-order chi connectivity index (χ0) is 16.5. The molecule has 1 saturated heterocycles. The number of hydrogen-bond donors (Lipinski definition) is 1. The molecule has 2 aromatic heterocycles. The molecule has 7 nitrogen and oxygen atoms in total. The van der Waals surface area contributed by atoms with E-state index >= 15 is 0 Å². The summed E-state index contributed by atoms with van der Waals surface area (Å²) in [6.07, 6.45) is 5.37. The molecule has 0 bridgehead atoms. The molecule has 2 fully saturated rings. The molecule has 2 aromatic rings. The molecule has 1 aliphatic carbocycles. The maximum Gasteiger partial charge on any atom is 0.227 e. The molecule has 1 saturated carbocycles. The van der Waals surface area contributed by atoms with E-state index in [0.29, 0.717) is 30.6 Å². The van der Waals surface area contributed by atoms with E-state index in [-0.39, 0.29) is 5.91 Å². The Balaban J connectivity index is 1.31. The maximum absolute atomic E-state index is 12.5. The summed E-state index contributed by atoms with van der Waals surface area (Å²) >= 11 is 0. The number of nitrogens with zero attached hydrogens (tertiary/aromatic N) is 4. The second-order valence-corrected chi connectivity index (χ2v) is 6.98. The second kappa shape index (κ2) is 6.37. The van der Waals surface area contributed by atoms with E-state index in [1.807, 2.05) is 11.8 Å². The van der Waals surface area contributed by atoms with E-state index in [1.54, 1.807) is 0 Å². The van der Waals surface area contributed by atoms with Gasteiger partial charge in [0.1, 0.15) is 0 Å². The van der Waals surface area contributed by atoms with Crippen LogP contribution in [0.4, 0.5) is 0 Å². The van der Waals surface area contributed by atoms with Crippen molar-refractivity contribution in [2.24, 2.45) is 0 Å². The first-order valence-electron chi connectivity index (χ1n) is 8.81. The van der Waals surface area contributed by atoms with Gasteiger partial charge in [0.2, 0.25) is 11.8 Å². The Kier molecular flexibility index (Phi) is 4.08. The molecule has 0 aromatic carbocycles. The van der Waals surface area contributed by atoms with Crippen LogP contribution >= 0.6 is 0 Å². The molecule has 1 N–H and O–H groups in total. The van der Waals surface area contributed by atoms with E-state index in [9.17, 15) is 4.79 Å². The molecule has 4 rings (SSSR count). The van der Waals surface area contributed by atoms with Gasteiger partial charge in [-0.05, 0) is 38.7 Å². The minimum Gasteiger partial charge on any atom is -0.342 e. The zero-order valence-corrected chi connectivity index (χ0v) is 14.0. The molecule has 7 heteroatoms. The Labute approximate surface area is 140 Å². The van der Waals surface area contributed by atoms with Gasteiger partial charge < -0.3 is 9.42 Å². The molecule has 0 radical (unpaired) electrons. The number of carbonyl (C=O) groups excluding carboxylic acids is 1. The van der Waals surface area contributed by atoms with E-state index in [2.05, 4.69) is 26.4 Å². The minimum atomic E-state index is 0.165. The van der Waals surface area contributed by atoms with Crippen LogP contribution in [0.2, 0.25) is 0 Å². The number of nitrogens with one attached hydrogen (secondary N) is 1. The van der Waals surface area contributed by atoms with Crippen molar-refractivity contribution in [3.8, 4) is 0 Å². The summed E-state index contributed by atoms with van der Waals surface area (Å²) in [5.74, 6) is 2.38.